The van der Waals surface area contributed by atoms with Crippen LogP contribution < -0.4 is 10.4 Å². The Morgan fingerprint density at radius 3 is 1.72 bits per heavy atom. The van der Waals surface area contributed by atoms with E-state index in [1.807, 2.05) is 24.3 Å². The van der Waals surface area contributed by atoms with Gasteiger partial charge in [0.2, 0.25) is 0 Å². The fraction of sp³-hybridized carbons (Fsp3) is 0.0769. The maximum Gasteiger partial charge on any atom is 0.0631 e. The molecule has 0 saturated heterocycles. The Labute approximate surface area is 177 Å². The average molecular weight is 397 g/mol. The molecule has 2 nitrogen and oxygen atoms in total. The van der Waals surface area contributed by atoms with Crippen LogP contribution in [0.25, 0.3) is 0 Å². The maximum atomic E-state index is 3.52. The Morgan fingerprint density at radius 1 is 0.621 bits per heavy atom. The van der Waals surface area contributed by atoms with Gasteiger partial charge in [-0.3, -0.25) is 10.4 Å². The molecule has 4 aromatic rings. The van der Waals surface area contributed by atoms with Gasteiger partial charge in [0.1, 0.15) is 0 Å². The van der Waals surface area contributed by atoms with Gasteiger partial charge in [0.15, 0.2) is 0 Å². The molecule has 0 amide bonds. The lowest BCUT2D eigenvalue weighted by Gasteiger charge is -2.26. The summed E-state index contributed by atoms with van der Waals surface area (Å²) in [6.45, 7) is 2.18. The highest BCUT2D eigenvalue weighted by atomic mass is 32.2. The van der Waals surface area contributed by atoms with Gasteiger partial charge in [-0.1, -0.05) is 67.2 Å². The molecular formula is C26H24N2S. The van der Waals surface area contributed by atoms with Gasteiger partial charge in [0.25, 0.3) is 0 Å². The number of aryl methyl sites for hydroxylation is 1. The van der Waals surface area contributed by atoms with E-state index in [9.17, 15) is 0 Å². The maximum absolute atomic E-state index is 3.52. The molecule has 0 heterocycles. The van der Waals surface area contributed by atoms with Crippen LogP contribution in [0.5, 0.6) is 0 Å². The lowest BCUT2D eigenvalue weighted by atomic mass is 10.2. The molecule has 0 spiro atoms. The van der Waals surface area contributed by atoms with Crippen molar-refractivity contribution in [1.29, 1.82) is 0 Å². The third-order valence-electron chi connectivity index (χ3n) is 4.69. The quantitative estimate of drug-likeness (QED) is 0.324. The van der Waals surface area contributed by atoms with E-state index in [0.717, 1.165) is 23.5 Å². The second-order valence-corrected chi connectivity index (χ2v) is 7.89. The minimum atomic E-state index is 1.05. The van der Waals surface area contributed by atoms with Gasteiger partial charge in [0.05, 0.1) is 17.1 Å². The number of nitrogens with zero attached hydrogens (tertiary/aromatic N) is 1. The number of para-hydroxylation sites is 2. The van der Waals surface area contributed by atoms with Crippen LogP contribution in [-0.4, -0.2) is 0 Å². The zero-order valence-corrected chi connectivity index (χ0v) is 17.3. The van der Waals surface area contributed by atoms with E-state index in [1.54, 1.807) is 11.8 Å². The highest BCUT2D eigenvalue weighted by Gasteiger charge is 2.10. The lowest BCUT2D eigenvalue weighted by molar-refractivity contribution is 1.13. The first-order valence-corrected chi connectivity index (χ1v) is 10.7. The van der Waals surface area contributed by atoms with E-state index in [0.29, 0.717) is 0 Å². The molecule has 0 radical (unpaired) electrons. The number of benzene rings is 4. The van der Waals surface area contributed by atoms with Gasteiger partial charge in [0, 0.05) is 9.79 Å². The molecule has 29 heavy (non-hydrogen) atoms. The highest BCUT2D eigenvalue weighted by molar-refractivity contribution is 7.99. The zero-order valence-electron chi connectivity index (χ0n) is 16.5. The third kappa shape index (κ3) is 5.01. The molecule has 0 saturated carbocycles. The van der Waals surface area contributed by atoms with Crippen LogP contribution in [0, 0.1) is 0 Å². The molecule has 0 atom stereocenters. The molecule has 4 rings (SSSR count). The summed E-state index contributed by atoms with van der Waals surface area (Å²) in [5.41, 5.74) is 8.12. The average Bonchev–Trinajstić information content (AvgIpc) is 2.80. The van der Waals surface area contributed by atoms with Gasteiger partial charge in [-0.15, -0.1) is 0 Å². The topological polar surface area (TPSA) is 15.3 Å². The molecule has 0 aromatic heterocycles. The van der Waals surface area contributed by atoms with Crippen LogP contribution in [-0.2, 0) is 6.42 Å². The van der Waals surface area contributed by atoms with Crippen LogP contribution in [0.4, 0.5) is 17.1 Å². The summed E-state index contributed by atoms with van der Waals surface area (Å²) in [6, 6.07) is 38.1. The lowest BCUT2D eigenvalue weighted by Crippen LogP contribution is -2.24. The minimum Gasteiger partial charge on any atom is -0.294 e. The number of hydrogen-bond donors (Lipinski definition) is 1. The number of hydrazine groups is 1. The van der Waals surface area contributed by atoms with E-state index >= 15 is 0 Å². The minimum absolute atomic E-state index is 1.05. The van der Waals surface area contributed by atoms with Gasteiger partial charge < -0.3 is 0 Å². The van der Waals surface area contributed by atoms with Gasteiger partial charge in [-0.25, -0.2) is 0 Å². The van der Waals surface area contributed by atoms with Crippen molar-refractivity contribution in [3.63, 3.8) is 0 Å². The number of anilines is 3. The smallest absolute Gasteiger partial charge is 0.0631 e. The Balaban J connectivity index is 1.56. The standard InChI is InChI=1S/C26H24N2S/c1-2-21-13-17-25(18-14-21)29-26-19-15-24(16-20-26)28(23-11-7-4-8-12-23)27-22-9-5-3-6-10-22/h3-20,27H,2H2,1H3. The van der Waals surface area contributed by atoms with Crippen molar-refractivity contribution in [1.82, 2.24) is 0 Å². The Hall–Kier alpha value is -3.17. The van der Waals surface area contributed by atoms with Crippen LogP contribution in [0.15, 0.2) is 119 Å². The van der Waals surface area contributed by atoms with E-state index < -0.39 is 0 Å². The van der Waals surface area contributed by atoms with Crippen molar-refractivity contribution in [3.05, 3.63) is 115 Å². The van der Waals surface area contributed by atoms with Crippen LogP contribution in [0.1, 0.15) is 12.5 Å². The molecule has 0 unspecified atom stereocenters. The van der Waals surface area contributed by atoms with Gasteiger partial charge in [-0.05, 0) is 72.6 Å². The molecule has 3 heteroatoms. The molecular weight excluding hydrogens is 372 g/mol. The fourth-order valence-corrected chi connectivity index (χ4v) is 3.91. The third-order valence-corrected chi connectivity index (χ3v) is 5.71. The van der Waals surface area contributed by atoms with Crippen molar-refractivity contribution < 1.29 is 0 Å². The Kier molecular flexibility index (Phi) is 6.18. The van der Waals surface area contributed by atoms with Gasteiger partial charge >= 0.3 is 0 Å². The summed E-state index contributed by atoms with van der Waals surface area (Å²) in [5, 5.41) is 2.11. The van der Waals surface area contributed by atoms with Crippen molar-refractivity contribution >= 4 is 28.8 Å². The second kappa shape index (κ2) is 9.35. The predicted octanol–water partition coefficient (Wildman–Crippen LogP) is 7.57. The normalized spacial score (nSPS) is 10.5. The summed E-state index contributed by atoms with van der Waals surface area (Å²) in [5.74, 6) is 0. The summed E-state index contributed by atoms with van der Waals surface area (Å²) in [4.78, 5) is 2.49. The molecule has 0 bridgehead atoms. The van der Waals surface area contributed by atoms with E-state index in [2.05, 4.69) is 102 Å². The summed E-state index contributed by atoms with van der Waals surface area (Å²) < 4.78 is 0. The van der Waals surface area contributed by atoms with E-state index in [1.165, 1.54) is 15.4 Å². The van der Waals surface area contributed by atoms with Crippen LogP contribution >= 0.6 is 11.8 Å². The number of nitrogens with one attached hydrogen (secondary N) is 1. The van der Waals surface area contributed by atoms with Crippen molar-refractivity contribution in [2.24, 2.45) is 0 Å². The first-order chi connectivity index (χ1) is 14.3. The van der Waals surface area contributed by atoms with Crippen molar-refractivity contribution in [3.8, 4) is 0 Å². The second-order valence-electron chi connectivity index (χ2n) is 6.74. The first kappa shape index (κ1) is 19.2. The van der Waals surface area contributed by atoms with Crippen molar-refractivity contribution in [2.45, 2.75) is 23.1 Å². The van der Waals surface area contributed by atoms with Crippen molar-refractivity contribution in [2.75, 3.05) is 10.4 Å². The zero-order chi connectivity index (χ0) is 19.9. The molecule has 144 valence electrons. The Bertz CT molecular complexity index is 1010. The SMILES string of the molecule is CCc1ccc(Sc2ccc(N(Nc3ccccc3)c3ccccc3)cc2)cc1. The molecule has 4 aromatic carbocycles. The fourth-order valence-electron chi connectivity index (χ4n) is 3.09. The van der Waals surface area contributed by atoms with Crippen LogP contribution in [0.3, 0.4) is 0 Å². The predicted molar refractivity (Wildman–Crippen MR) is 125 cm³/mol. The van der Waals surface area contributed by atoms with Crippen LogP contribution in [0.2, 0.25) is 0 Å². The molecule has 0 aliphatic carbocycles. The summed E-state index contributed by atoms with van der Waals surface area (Å²) in [7, 11) is 0. The number of rotatable bonds is 7. The monoisotopic (exact) mass is 396 g/mol. The molecule has 0 fully saturated rings. The largest absolute Gasteiger partial charge is 0.294 e. The van der Waals surface area contributed by atoms with Gasteiger partial charge in [-0.2, -0.15) is 0 Å². The van der Waals surface area contributed by atoms with E-state index in [4.69, 9.17) is 0 Å². The summed E-state index contributed by atoms with van der Waals surface area (Å²) in [6.07, 6.45) is 1.07. The molecule has 0 aliphatic rings. The number of hydrogen-bond acceptors (Lipinski definition) is 3. The Morgan fingerprint density at radius 2 is 1.14 bits per heavy atom. The van der Waals surface area contributed by atoms with E-state index in [-0.39, 0.29) is 0 Å². The summed E-state index contributed by atoms with van der Waals surface area (Å²) >= 11 is 1.79. The molecule has 0 aliphatic heterocycles. The molecule has 1 N–H and O–H groups in total. The highest BCUT2D eigenvalue weighted by Crippen LogP contribution is 2.32. The first-order valence-electron chi connectivity index (χ1n) is 9.85.